The van der Waals surface area contributed by atoms with Crippen molar-refractivity contribution in [3.8, 4) is 0 Å². The molecule has 2 aromatic heterocycles. The van der Waals surface area contributed by atoms with E-state index in [0.29, 0.717) is 24.0 Å². The number of nitrogens with one attached hydrogen (secondary N) is 2. The third-order valence-corrected chi connectivity index (χ3v) is 4.88. The zero-order valence-electron chi connectivity index (χ0n) is 16.0. The van der Waals surface area contributed by atoms with Crippen LogP contribution in [0, 0.1) is 0 Å². The van der Waals surface area contributed by atoms with Crippen molar-refractivity contribution in [2.45, 2.75) is 19.4 Å². The standard InChI is InChI=1S/C20H23N7O2/c28-19(12-27-14-25-16-6-2-1-5-15(16)20(27)29)22-8-7-21-17-11-18(24-13-23-17)26-9-3-4-10-26/h1-2,5-6,11,13-14H,3-4,7-10,12H2,(H,22,28)(H,21,23,24). The quantitative estimate of drug-likeness (QED) is 0.577. The van der Waals surface area contributed by atoms with Crippen molar-refractivity contribution in [2.24, 2.45) is 0 Å². The van der Waals surface area contributed by atoms with Crippen molar-refractivity contribution < 1.29 is 4.79 Å². The number of aromatic nitrogens is 4. The molecule has 2 N–H and O–H groups in total. The summed E-state index contributed by atoms with van der Waals surface area (Å²) in [6, 6.07) is 9.01. The molecule has 0 saturated carbocycles. The normalized spacial score (nSPS) is 13.6. The van der Waals surface area contributed by atoms with Crippen LogP contribution in [0.4, 0.5) is 11.6 Å². The summed E-state index contributed by atoms with van der Waals surface area (Å²) in [5.74, 6) is 1.41. The molecule has 3 aromatic rings. The maximum Gasteiger partial charge on any atom is 0.261 e. The zero-order valence-corrected chi connectivity index (χ0v) is 16.0. The van der Waals surface area contributed by atoms with E-state index in [1.807, 2.05) is 12.1 Å². The fraction of sp³-hybridized carbons (Fsp3) is 0.350. The second kappa shape index (κ2) is 8.68. The van der Waals surface area contributed by atoms with Gasteiger partial charge in [-0.3, -0.25) is 14.2 Å². The molecule has 1 fully saturated rings. The van der Waals surface area contributed by atoms with Crippen LogP contribution in [0.1, 0.15) is 12.8 Å². The monoisotopic (exact) mass is 393 g/mol. The lowest BCUT2D eigenvalue weighted by atomic mass is 10.2. The smallest absolute Gasteiger partial charge is 0.261 e. The summed E-state index contributed by atoms with van der Waals surface area (Å²) in [4.78, 5) is 39.6. The molecule has 4 rings (SSSR count). The average Bonchev–Trinajstić information content (AvgIpc) is 3.29. The Hall–Kier alpha value is -3.49. The van der Waals surface area contributed by atoms with Crippen molar-refractivity contribution in [1.82, 2.24) is 24.8 Å². The van der Waals surface area contributed by atoms with E-state index in [-0.39, 0.29) is 18.0 Å². The lowest BCUT2D eigenvalue weighted by Gasteiger charge is -2.16. The van der Waals surface area contributed by atoms with E-state index in [1.54, 1.807) is 24.5 Å². The number of benzene rings is 1. The first-order valence-corrected chi connectivity index (χ1v) is 9.72. The molecule has 0 spiro atoms. The molecular formula is C20H23N7O2. The third-order valence-electron chi connectivity index (χ3n) is 4.88. The lowest BCUT2D eigenvalue weighted by molar-refractivity contribution is -0.121. The Bertz CT molecular complexity index is 1060. The first-order valence-electron chi connectivity index (χ1n) is 9.72. The minimum Gasteiger partial charge on any atom is -0.368 e. The molecule has 1 aromatic carbocycles. The van der Waals surface area contributed by atoms with Gasteiger partial charge in [-0.05, 0) is 25.0 Å². The van der Waals surface area contributed by atoms with Crippen molar-refractivity contribution >= 4 is 28.4 Å². The molecule has 1 aliphatic rings. The average molecular weight is 393 g/mol. The van der Waals surface area contributed by atoms with Crippen LogP contribution in [0.5, 0.6) is 0 Å². The number of anilines is 2. The van der Waals surface area contributed by atoms with E-state index in [2.05, 4.69) is 30.5 Å². The number of carbonyl (C=O) groups excluding carboxylic acids is 1. The zero-order chi connectivity index (χ0) is 20.1. The van der Waals surface area contributed by atoms with E-state index < -0.39 is 0 Å². The maximum atomic E-state index is 12.4. The molecule has 9 heteroatoms. The summed E-state index contributed by atoms with van der Waals surface area (Å²) < 4.78 is 1.32. The van der Waals surface area contributed by atoms with Gasteiger partial charge in [0.15, 0.2) is 0 Å². The summed E-state index contributed by atoms with van der Waals surface area (Å²) in [6.07, 6.45) is 5.33. The van der Waals surface area contributed by atoms with Gasteiger partial charge in [-0.25, -0.2) is 15.0 Å². The van der Waals surface area contributed by atoms with E-state index in [0.717, 1.165) is 24.7 Å². The van der Waals surface area contributed by atoms with E-state index in [9.17, 15) is 9.59 Å². The first-order chi connectivity index (χ1) is 14.2. The minimum atomic E-state index is -0.244. The van der Waals surface area contributed by atoms with Crippen LogP contribution in [-0.4, -0.2) is 51.6 Å². The Kier molecular flexibility index (Phi) is 5.64. The predicted octanol–water partition coefficient (Wildman–Crippen LogP) is 1.01. The predicted molar refractivity (Wildman–Crippen MR) is 111 cm³/mol. The molecule has 0 bridgehead atoms. The second-order valence-corrected chi connectivity index (χ2v) is 6.93. The van der Waals surface area contributed by atoms with E-state index >= 15 is 0 Å². The van der Waals surface area contributed by atoms with Gasteiger partial charge in [0, 0.05) is 32.2 Å². The summed E-state index contributed by atoms with van der Waals surface area (Å²) >= 11 is 0. The molecule has 150 valence electrons. The van der Waals surface area contributed by atoms with Crippen molar-refractivity contribution in [3.05, 3.63) is 53.3 Å². The summed E-state index contributed by atoms with van der Waals surface area (Å²) in [7, 11) is 0. The van der Waals surface area contributed by atoms with Crippen LogP contribution >= 0.6 is 0 Å². The highest BCUT2D eigenvalue weighted by Gasteiger charge is 2.14. The maximum absolute atomic E-state index is 12.4. The van der Waals surface area contributed by atoms with E-state index in [4.69, 9.17) is 0 Å². The number of carbonyl (C=O) groups is 1. The van der Waals surface area contributed by atoms with Gasteiger partial charge in [-0.15, -0.1) is 0 Å². The van der Waals surface area contributed by atoms with Crippen LogP contribution in [0.3, 0.4) is 0 Å². The summed E-state index contributed by atoms with van der Waals surface area (Å²) in [5, 5.41) is 6.50. The molecule has 0 aliphatic carbocycles. The van der Waals surface area contributed by atoms with E-state index in [1.165, 1.54) is 23.7 Å². The van der Waals surface area contributed by atoms with Gasteiger partial charge in [0.2, 0.25) is 5.91 Å². The fourth-order valence-corrected chi connectivity index (χ4v) is 3.38. The molecule has 0 atom stereocenters. The molecule has 9 nitrogen and oxygen atoms in total. The van der Waals surface area contributed by atoms with Crippen molar-refractivity contribution in [3.63, 3.8) is 0 Å². The topological polar surface area (TPSA) is 105 Å². The van der Waals surface area contributed by atoms with Crippen molar-refractivity contribution in [1.29, 1.82) is 0 Å². The molecule has 1 saturated heterocycles. The number of fused-ring (bicyclic) bond motifs is 1. The van der Waals surface area contributed by atoms with Gasteiger partial charge in [0.1, 0.15) is 24.5 Å². The third kappa shape index (κ3) is 4.50. The van der Waals surface area contributed by atoms with Crippen LogP contribution < -0.4 is 21.1 Å². The second-order valence-electron chi connectivity index (χ2n) is 6.93. The SMILES string of the molecule is O=C(Cn1cnc2ccccc2c1=O)NCCNc1cc(N2CCCC2)ncn1. The van der Waals surface area contributed by atoms with Gasteiger partial charge in [0.25, 0.3) is 5.56 Å². The highest BCUT2D eigenvalue weighted by atomic mass is 16.2. The Morgan fingerprint density at radius 1 is 1.07 bits per heavy atom. The number of hydrogen-bond acceptors (Lipinski definition) is 7. The number of rotatable bonds is 7. The lowest BCUT2D eigenvalue weighted by Crippen LogP contribution is -2.35. The van der Waals surface area contributed by atoms with Gasteiger partial charge in [0.05, 0.1) is 17.2 Å². The highest BCUT2D eigenvalue weighted by Crippen LogP contribution is 2.18. The number of amides is 1. The molecular weight excluding hydrogens is 370 g/mol. The van der Waals surface area contributed by atoms with Gasteiger partial charge in [-0.1, -0.05) is 12.1 Å². The van der Waals surface area contributed by atoms with Crippen LogP contribution in [0.25, 0.3) is 10.9 Å². The minimum absolute atomic E-state index is 0.0662. The molecule has 1 aliphatic heterocycles. The number of para-hydroxylation sites is 1. The largest absolute Gasteiger partial charge is 0.368 e. The van der Waals surface area contributed by atoms with Crippen LogP contribution in [0.2, 0.25) is 0 Å². The molecule has 29 heavy (non-hydrogen) atoms. The van der Waals surface area contributed by atoms with Crippen LogP contribution in [0.15, 0.2) is 47.8 Å². The Balaban J connectivity index is 1.27. The van der Waals surface area contributed by atoms with Gasteiger partial charge >= 0.3 is 0 Å². The molecule has 1 amide bonds. The summed E-state index contributed by atoms with van der Waals surface area (Å²) in [6.45, 7) is 2.92. The highest BCUT2D eigenvalue weighted by molar-refractivity contribution is 5.78. The summed E-state index contributed by atoms with van der Waals surface area (Å²) in [5.41, 5.74) is 0.399. The molecule has 0 radical (unpaired) electrons. The Labute approximate surface area is 167 Å². The van der Waals surface area contributed by atoms with Crippen molar-refractivity contribution in [2.75, 3.05) is 36.4 Å². The number of nitrogens with zero attached hydrogens (tertiary/aromatic N) is 5. The number of hydrogen-bond donors (Lipinski definition) is 2. The Morgan fingerprint density at radius 3 is 2.76 bits per heavy atom. The first kappa shape index (κ1) is 18.9. The molecule has 0 unspecified atom stereocenters. The fourth-order valence-electron chi connectivity index (χ4n) is 3.38. The van der Waals surface area contributed by atoms with Crippen LogP contribution in [-0.2, 0) is 11.3 Å². The molecule has 3 heterocycles. The van der Waals surface area contributed by atoms with Gasteiger partial charge < -0.3 is 15.5 Å². The Morgan fingerprint density at radius 2 is 1.90 bits per heavy atom. The van der Waals surface area contributed by atoms with Gasteiger partial charge in [-0.2, -0.15) is 0 Å².